The molecule has 2 N–H and O–H groups in total. The molecule has 0 heterocycles. The molecule has 0 radical (unpaired) electrons. The van der Waals surface area contributed by atoms with Gasteiger partial charge in [-0.1, -0.05) is 28.1 Å². The fourth-order valence-corrected chi connectivity index (χ4v) is 1.77. The molecule has 4 nitrogen and oxygen atoms in total. The van der Waals surface area contributed by atoms with E-state index in [0.29, 0.717) is 5.56 Å². The Morgan fingerprint density at radius 3 is 2.75 bits per heavy atom. The average Bonchev–Trinajstić information content (AvgIpc) is 2.25. The molecule has 0 saturated carbocycles. The summed E-state index contributed by atoms with van der Waals surface area (Å²) in [5.74, 6) is -1.28. The van der Waals surface area contributed by atoms with Gasteiger partial charge in [-0.3, -0.25) is 0 Å². The molecule has 1 unspecified atom stereocenters. The number of carbonyl (C=O) groups is 1. The number of benzene rings is 1. The third kappa shape index (κ3) is 2.81. The molecule has 1 aromatic carbocycles. The van der Waals surface area contributed by atoms with Crippen molar-refractivity contribution in [1.82, 2.24) is 0 Å². The Bertz CT molecular complexity index is 380. The first kappa shape index (κ1) is 13.2. The molecule has 0 bridgehead atoms. The van der Waals surface area contributed by atoms with Crippen LogP contribution in [0.5, 0.6) is 0 Å². The molecule has 1 atom stereocenters. The van der Waals surface area contributed by atoms with Gasteiger partial charge in [-0.15, -0.1) is 0 Å². The molecular formula is C11H13BrO4. The number of hydrogen-bond donors (Lipinski definition) is 2. The fraction of sp³-hybridized carbons (Fsp3) is 0.364. The summed E-state index contributed by atoms with van der Waals surface area (Å²) in [6.45, 7) is 0.176. The Kier molecular flexibility index (Phi) is 4.46. The predicted molar refractivity (Wildman–Crippen MR) is 62.2 cm³/mol. The summed E-state index contributed by atoms with van der Waals surface area (Å²) in [6, 6.07) is 6.61. The number of aliphatic carboxylic acids is 1. The third-order valence-corrected chi connectivity index (χ3v) is 2.82. The van der Waals surface area contributed by atoms with Gasteiger partial charge in [-0.05, 0) is 17.7 Å². The van der Waals surface area contributed by atoms with Crippen molar-refractivity contribution in [3.05, 3.63) is 34.3 Å². The molecule has 0 aromatic heterocycles. The second-order valence-corrected chi connectivity index (χ2v) is 4.33. The van der Waals surface area contributed by atoms with Crippen molar-refractivity contribution in [3.63, 3.8) is 0 Å². The van der Waals surface area contributed by atoms with Crippen LogP contribution in [0.2, 0.25) is 0 Å². The molecule has 16 heavy (non-hydrogen) atoms. The highest BCUT2D eigenvalue weighted by molar-refractivity contribution is 9.10. The van der Waals surface area contributed by atoms with Crippen LogP contribution in [0.3, 0.4) is 0 Å². The molecule has 1 aromatic rings. The molecule has 0 aliphatic rings. The Labute approximate surface area is 102 Å². The Balaban J connectivity index is 3.06. The van der Waals surface area contributed by atoms with E-state index in [1.807, 2.05) is 0 Å². The summed E-state index contributed by atoms with van der Waals surface area (Å²) in [4.78, 5) is 11.1. The van der Waals surface area contributed by atoms with Gasteiger partial charge in [0.25, 0.3) is 0 Å². The van der Waals surface area contributed by atoms with Crippen LogP contribution in [-0.4, -0.2) is 29.9 Å². The normalized spacial score (nSPS) is 14.4. The summed E-state index contributed by atoms with van der Waals surface area (Å²) < 4.78 is 5.53. The average molecular weight is 289 g/mol. The number of halogens is 1. The van der Waals surface area contributed by atoms with E-state index in [-0.39, 0.29) is 13.0 Å². The van der Waals surface area contributed by atoms with Crippen LogP contribution in [0.1, 0.15) is 12.0 Å². The van der Waals surface area contributed by atoms with Gasteiger partial charge < -0.3 is 14.9 Å². The van der Waals surface area contributed by atoms with E-state index in [9.17, 15) is 9.90 Å². The van der Waals surface area contributed by atoms with Crippen molar-refractivity contribution >= 4 is 21.9 Å². The third-order valence-electron chi connectivity index (χ3n) is 2.32. The van der Waals surface area contributed by atoms with Gasteiger partial charge in [0.15, 0.2) is 5.60 Å². The Morgan fingerprint density at radius 2 is 2.25 bits per heavy atom. The highest BCUT2D eigenvalue weighted by Crippen LogP contribution is 2.27. The first-order valence-corrected chi connectivity index (χ1v) is 5.51. The SMILES string of the molecule is COCCC(O)(C(=O)O)c1cccc(Br)c1. The fourth-order valence-electron chi connectivity index (χ4n) is 1.37. The summed E-state index contributed by atoms with van der Waals surface area (Å²) in [7, 11) is 1.46. The van der Waals surface area contributed by atoms with Crippen molar-refractivity contribution < 1.29 is 19.7 Å². The topological polar surface area (TPSA) is 66.8 Å². The second kappa shape index (κ2) is 5.43. The largest absolute Gasteiger partial charge is 0.479 e. The minimum atomic E-state index is -1.90. The molecule has 0 amide bonds. The molecule has 1 rings (SSSR count). The van der Waals surface area contributed by atoms with Gasteiger partial charge in [-0.2, -0.15) is 0 Å². The summed E-state index contributed by atoms with van der Waals surface area (Å²) >= 11 is 3.24. The monoisotopic (exact) mass is 288 g/mol. The van der Waals surface area contributed by atoms with Gasteiger partial charge in [-0.25, -0.2) is 4.79 Å². The number of ether oxygens (including phenoxy) is 1. The maximum Gasteiger partial charge on any atom is 0.340 e. The quantitative estimate of drug-likeness (QED) is 0.866. The highest BCUT2D eigenvalue weighted by atomic mass is 79.9. The van der Waals surface area contributed by atoms with E-state index in [0.717, 1.165) is 4.47 Å². The van der Waals surface area contributed by atoms with Gasteiger partial charge in [0.2, 0.25) is 0 Å². The van der Waals surface area contributed by atoms with Crippen molar-refractivity contribution in [2.45, 2.75) is 12.0 Å². The molecule has 0 spiro atoms. The van der Waals surface area contributed by atoms with Crippen LogP contribution >= 0.6 is 15.9 Å². The zero-order valence-corrected chi connectivity index (χ0v) is 10.4. The van der Waals surface area contributed by atoms with Gasteiger partial charge in [0.05, 0.1) is 0 Å². The van der Waals surface area contributed by atoms with Gasteiger partial charge >= 0.3 is 5.97 Å². The number of carboxylic acid groups (broad SMARTS) is 1. The van der Waals surface area contributed by atoms with Crippen molar-refractivity contribution in [2.24, 2.45) is 0 Å². The van der Waals surface area contributed by atoms with Crippen molar-refractivity contribution in [3.8, 4) is 0 Å². The maximum absolute atomic E-state index is 11.1. The lowest BCUT2D eigenvalue weighted by Crippen LogP contribution is -2.36. The van der Waals surface area contributed by atoms with E-state index < -0.39 is 11.6 Å². The summed E-state index contributed by atoms with van der Waals surface area (Å²) in [5.41, 5.74) is -1.56. The van der Waals surface area contributed by atoms with Crippen LogP contribution in [-0.2, 0) is 15.1 Å². The van der Waals surface area contributed by atoms with Crippen LogP contribution in [0.15, 0.2) is 28.7 Å². The van der Waals surface area contributed by atoms with Crippen LogP contribution in [0.25, 0.3) is 0 Å². The van der Waals surface area contributed by atoms with E-state index >= 15 is 0 Å². The molecule has 0 fully saturated rings. The first-order chi connectivity index (χ1) is 7.50. The number of hydrogen-bond acceptors (Lipinski definition) is 3. The lowest BCUT2D eigenvalue weighted by atomic mass is 9.91. The molecule has 0 aliphatic heterocycles. The van der Waals surface area contributed by atoms with Crippen LogP contribution in [0, 0.1) is 0 Å². The number of aliphatic hydroxyl groups is 1. The van der Waals surface area contributed by atoms with E-state index in [2.05, 4.69) is 15.9 Å². The van der Waals surface area contributed by atoms with Gasteiger partial charge in [0.1, 0.15) is 0 Å². The maximum atomic E-state index is 11.1. The molecule has 88 valence electrons. The molecule has 5 heteroatoms. The lowest BCUT2D eigenvalue weighted by Gasteiger charge is -2.23. The second-order valence-electron chi connectivity index (χ2n) is 3.42. The van der Waals surface area contributed by atoms with Crippen LogP contribution in [0.4, 0.5) is 0 Å². The van der Waals surface area contributed by atoms with E-state index in [4.69, 9.17) is 9.84 Å². The zero-order valence-electron chi connectivity index (χ0n) is 8.81. The number of methoxy groups -OCH3 is 1. The number of carboxylic acids is 1. The lowest BCUT2D eigenvalue weighted by molar-refractivity contribution is -0.161. The Hall–Kier alpha value is -0.910. The summed E-state index contributed by atoms with van der Waals surface area (Å²) in [5, 5.41) is 19.2. The Morgan fingerprint density at radius 1 is 1.56 bits per heavy atom. The van der Waals surface area contributed by atoms with Crippen molar-refractivity contribution in [1.29, 1.82) is 0 Å². The zero-order chi connectivity index (χ0) is 12.2. The summed E-state index contributed by atoms with van der Waals surface area (Å²) in [6.07, 6.45) is 0.00921. The smallest absolute Gasteiger partial charge is 0.340 e. The minimum absolute atomic E-state index is 0.00921. The highest BCUT2D eigenvalue weighted by Gasteiger charge is 2.37. The standard InChI is InChI=1S/C11H13BrO4/c1-16-6-5-11(15,10(13)14)8-3-2-4-9(12)7-8/h2-4,7,15H,5-6H2,1H3,(H,13,14). The van der Waals surface area contributed by atoms with Gasteiger partial charge in [0, 0.05) is 24.6 Å². The first-order valence-electron chi connectivity index (χ1n) is 4.71. The van der Waals surface area contributed by atoms with E-state index in [1.165, 1.54) is 7.11 Å². The molecule has 0 aliphatic carbocycles. The van der Waals surface area contributed by atoms with Crippen LogP contribution < -0.4 is 0 Å². The number of rotatable bonds is 5. The minimum Gasteiger partial charge on any atom is -0.479 e. The van der Waals surface area contributed by atoms with E-state index in [1.54, 1.807) is 24.3 Å². The molecule has 0 saturated heterocycles. The predicted octanol–water partition coefficient (Wildman–Crippen LogP) is 1.76. The van der Waals surface area contributed by atoms with Crippen molar-refractivity contribution in [2.75, 3.05) is 13.7 Å². The molecular weight excluding hydrogens is 276 g/mol.